The number of rotatable bonds is 7. The maximum absolute atomic E-state index is 5.72. The Bertz CT molecular complexity index is 576. The summed E-state index contributed by atoms with van der Waals surface area (Å²) in [5.41, 5.74) is 0.490. The lowest BCUT2D eigenvalue weighted by Crippen LogP contribution is -2.22. The summed E-state index contributed by atoms with van der Waals surface area (Å²) in [6.45, 7) is 9.87. The van der Waals surface area contributed by atoms with Gasteiger partial charge in [0.2, 0.25) is 11.8 Å². The molecule has 21 heavy (non-hydrogen) atoms. The van der Waals surface area contributed by atoms with Gasteiger partial charge in [0.1, 0.15) is 12.0 Å². The van der Waals surface area contributed by atoms with E-state index in [-0.39, 0.29) is 5.60 Å². The van der Waals surface area contributed by atoms with Gasteiger partial charge in [-0.1, -0.05) is 6.92 Å². The first-order valence-corrected chi connectivity index (χ1v) is 7.21. The van der Waals surface area contributed by atoms with Crippen molar-refractivity contribution in [3.05, 3.63) is 6.20 Å². The third-order valence-corrected chi connectivity index (χ3v) is 2.67. The van der Waals surface area contributed by atoms with Crippen LogP contribution in [0.15, 0.2) is 6.20 Å². The van der Waals surface area contributed by atoms with Crippen molar-refractivity contribution in [2.45, 2.75) is 39.7 Å². The molecule has 116 valence electrons. The number of nitrogens with one attached hydrogen (secondary N) is 2. The minimum atomic E-state index is -0.173. The van der Waals surface area contributed by atoms with E-state index in [0.717, 1.165) is 18.4 Å². The highest BCUT2D eigenvalue weighted by atomic mass is 16.5. The highest BCUT2D eigenvalue weighted by Crippen LogP contribution is 2.22. The summed E-state index contributed by atoms with van der Waals surface area (Å²) in [6, 6.07) is 0. The smallest absolute Gasteiger partial charge is 0.229 e. The predicted molar refractivity (Wildman–Crippen MR) is 81.7 cm³/mol. The molecule has 0 bridgehead atoms. The minimum absolute atomic E-state index is 0.173. The standard InChI is InChI=1S/C14H23N5O2/c1-5-6-15-13-17-11-10(9-16-19-11)12(18-13)20-7-8-21-14(2,3)4/h9H,5-8H2,1-4H3,(H2,15,16,17,18,19). The largest absolute Gasteiger partial charge is 0.475 e. The number of nitrogens with zero attached hydrogens (tertiary/aromatic N) is 3. The fourth-order valence-electron chi connectivity index (χ4n) is 1.72. The Morgan fingerprint density at radius 2 is 2.05 bits per heavy atom. The molecular weight excluding hydrogens is 270 g/mol. The number of hydrogen-bond donors (Lipinski definition) is 2. The zero-order valence-electron chi connectivity index (χ0n) is 13.1. The van der Waals surface area contributed by atoms with Gasteiger partial charge in [-0.3, -0.25) is 5.10 Å². The quantitative estimate of drug-likeness (QED) is 0.762. The van der Waals surface area contributed by atoms with Crippen LogP contribution in [0.2, 0.25) is 0 Å². The van der Waals surface area contributed by atoms with E-state index in [1.807, 2.05) is 20.8 Å². The molecule has 2 rings (SSSR count). The molecule has 0 aromatic carbocycles. The van der Waals surface area contributed by atoms with Crippen LogP contribution in [0.4, 0.5) is 5.95 Å². The highest BCUT2D eigenvalue weighted by molar-refractivity contribution is 5.80. The number of ether oxygens (including phenoxy) is 2. The first kappa shape index (κ1) is 15.5. The topological polar surface area (TPSA) is 85.0 Å². The Balaban J connectivity index is 2.04. The Morgan fingerprint density at radius 1 is 1.24 bits per heavy atom. The van der Waals surface area contributed by atoms with E-state index in [0.29, 0.717) is 30.7 Å². The first-order valence-electron chi connectivity index (χ1n) is 7.21. The van der Waals surface area contributed by atoms with Crippen LogP contribution in [0.25, 0.3) is 11.0 Å². The van der Waals surface area contributed by atoms with E-state index in [1.54, 1.807) is 6.20 Å². The second-order valence-electron chi connectivity index (χ2n) is 5.72. The molecule has 0 atom stereocenters. The van der Waals surface area contributed by atoms with E-state index >= 15 is 0 Å². The second kappa shape index (κ2) is 6.71. The van der Waals surface area contributed by atoms with Crippen LogP contribution in [0.5, 0.6) is 5.88 Å². The molecular formula is C14H23N5O2. The van der Waals surface area contributed by atoms with Gasteiger partial charge in [-0.25, -0.2) is 0 Å². The summed E-state index contributed by atoms with van der Waals surface area (Å²) in [5, 5.41) is 10.7. The van der Waals surface area contributed by atoms with Gasteiger partial charge in [0.25, 0.3) is 0 Å². The summed E-state index contributed by atoms with van der Waals surface area (Å²) in [7, 11) is 0. The number of H-pyrrole nitrogens is 1. The molecule has 0 aliphatic carbocycles. The third-order valence-electron chi connectivity index (χ3n) is 2.67. The van der Waals surface area contributed by atoms with Gasteiger partial charge >= 0.3 is 0 Å². The van der Waals surface area contributed by atoms with Gasteiger partial charge in [-0.2, -0.15) is 15.1 Å². The molecule has 0 spiro atoms. The van der Waals surface area contributed by atoms with Crippen LogP contribution in [0, 0.1) is 0 Å². The fraction of sp³-hybridized carbons (Fsp3) is 0.643. The zero-order chi connectivity index (χ0) is 15.3. The molecule has 0 aliphatic heterocycles. The maximum Gasteiger partial charge on any atom is 0.229 e. The number of hydrogen-bond acceptors (Lipinski definition) is 6. The van der Waals surface area contributed by atoms with Gasteiger partial charge < -0.3 is 14.8 Å². The Labute approximate surface area is 124 Å². The van der Waals surface area contributed by atoms with Crippen LogP contribution in [0.3, 0.4) is 0 Å². The lowest BCUT2D eigenvalue weighted by atomic mass is 10.2. The van der Waals surface area contributed by atoms with E-state index < -0.39 is 0 Å². The first-order chi connectivity index (χ1) is 9.99. The van der Waals surface area contributed by atoms with Crippen molar-refractivity contribution in [1.29, 1.82) is 0 Å². The lowest BCUT2D eigenvalue weighted by molar-refractivity contribution is -0.0166. The van der Waals surface area contributed by atoms with Crippen LogP contribution < -0.4 is 10.1 Å². The van der Waals surface area contributed by atoms with Crippen molar-refractivity contribution >= 4 is 17.0 Å². The molecule has 0 unspecified atom stereocenters. The number of aromatic nitrogens is 4. The average molecular weight is 293 g/mol. The van der Waals surface area contributed by atoms with Crippen molar-refractivity contribution < 1.29 is 9.47 Å². The maximum atomic E-state index is 5.72. The summed E-state index contributed by atoms with van der Waals surface area (Å²) < 4.78 is 11.3. The highest BCUT2D eigenvalue weighted by Gasteiger charge is 2.12. The van der Waals surface area contributed by atoms with Crippen LogP contribution in [-0.4, -0.2) is 45.5 Å². The van der Waals surface area contributed by atoms with Crippen molar-refractivity contribution in [2.24, 2.45) is 0 Å². The van der Waals surface area contributed by atoms with E-state index in [2.05, 4.69) is 32.4 Å². The average Bonchev–Trinajstić information content (AvgIpc) is 2.88. The lowest BCUT2D eigenvalue weighted by Gasteiger charge is -2.19. The molecule has 7 nitrogen and oxygen atoms in total. The molecule has 0 saturated carbocycles. The second-order valence-corrected chi connectivity index (χ2v) is 5.72. The molecule has 0 aliphatic rings. The van der Waals surface area contributed by atoms with E-state index in [1.165, 1.54) is 0 Å². The van der Waals surface area contributed by atoms with Crippen molar-refractivity contribution in [3.63, 3.8) is 0 Å². The summed E-state index contributed by atoms with van der Waals surface area (Å²) in [5.74, 6) is 1.06. The van der Waals surface area contributed by atoms with Gasteiger partial charge in [0.15, 0.2) is 5.65 Å². The van der Waals surface area contributed by atoms with Gasteiger partial charge in [-0.05, 0) is 27.2 Å². The SMILES string of the molecule is CCCNc1nc(OCCOC(C)(C)C)c2cn[nH]c2n1. The molecule has 0 saturated heterocycles. The van der Waals surface area contributed by atoms with E-state index in [9.17, 15) is 0 Å². The molecule has 2 heterocycles. The Hall–Kier alpha value is -1.89. The van der Waals surface area contributed by atoms with E-state index in [4.69, 9.17) is 9.47 Å². The molecule has 2 N–H and O–H groups in total. The van der Waals surface area contributed by atoms with Crippen LogP contribution in [0.1, 0.15) is 34.1 Å². The van der Waals surface area contributed by atoms with Gasteiger partial charge in [-0.15, -0.1) is 0 Å². The fourth-order valence-corrected chi connectivity index (χ4v) is 1.72. The monoisotopic (exact) mass is 293 g/mol. The van der Waals surface area contributed by atoms with Crippen molar-refractivity contribution in [3.8, 4) is 5.88 Å². The van der Waals surface area contributed by atoms with Crippen molar-refractivity contribution in [1.82, 2.24) is 20.2 Å². The van der Waals surface area contributed by atoms with Gasteiger partial charge in [0, 0.05) is 6.54 Å². The summed E-state index contributed by atoms with van der Waals surface area (Å²) >= 11 is 0. The van der Waals surface area contributed by atoms with Crippen LogP contribution in [-0.2, 0) is 4.74 Å². The Kier molecular flexibility index (Phi) is 4.95. The Morgan fingerprint density at radius 3 is 2.76 bits per heavy atom. The summed E-state index contributed by atoms with van der Waals surface area (Å²) in [4.78, 5) is 8.73. The normalized spacial score (nSPS) is 11.8. The molecule has 0 radical (unpaired) electrons. The molecule has 2 aromatic heterocycles. The molecule has 0 fully saturated rings. The predicted octanol–water partition coefficient (Wildman–Crippen LogP) is 2.37. The number of fused-ring (bicyclic) bond motifs is 1. The number of anilines is 1. The third kappa shape index (κ3) is 4.56. The van der Waals surface area contributed by atoms with Gasteiger partial charge in [0.05, 0.1) is 18.4 Å². The molecule has 0 amide bonds. The molecule has 7 heteroatoms. The zero-order valence-corrected chi connectivity index (χ0v) is 13.1. The summed E-state index contributed by atoms with van der Waals surface area (Å²) in [6.07, 6.45) is 2.67. The van der Waals surface area contributed by atoms with Crippen LogP contribution >= 0.6 is 0 Å². The molecule has 2 aromatic rings. The van der Waals surface area contributed by atoms with Crippen molar-refractivity contribution in [2.75, 3.05) is 25.1 Å². The number of aromatic amines is 1. The minimum Gasteiger partial charge on any atom is -0.475 e.